The molecule has 35 heavy (non-hydrogen) atoms. The first-order valence-corrected chi connectivity index (χ1v) is 13.7. The Morgan fingerprint density at radius 2 is 0.971 bits per heavy atom. The van der Waals surface area contributed by atoms with Gasteiger partial charge in [0.25, 0.3) is 0 Å². The predicted octanol–water partition coefficient (Wildman–Crippen LogP) is 6.22. The molecule has 7 nitrogen and oxygen atoms in total. The van der Waals surface area contributed by atoms with Gasteiger partial charge in [-0.25, -0.2) is 0 Å². The minimum absolute atomic E-state index is 0.483. The average Bonchev–Trinajstić information content (AvgIpc) is 2.82. The van der Waals surface area contributed by atoms with Crippen molar-refractivity contribution in [1.29, 1.82) is 0 Å². The first kappa shape index (κ1) is 33.1. The van der Waals surface area contributed by atoms with E-state index in [0.29, 0.717) is 43.4 Å². The Labute approximate surface area is 213 Å². The lowest BCUT2D eigenvalue weighted by Crippen LogP contribution is -2.52. The minimum atomic E-state index is -0.831. The normalized spacial score (nSPS) is 16.0. The zero-order valence-electron chi connectivity index (χ0n) is 22.7. The second kappa shape index (κ2) is 19.3. The Morgan fingerprint density at radius 1 is 0.600 bits per heavy atom. The van der Waals surface area contributed by atoms with E-state index in [1.165, 1.54) is 25.7 Å². The number of hydrogen-bond acceptors (Lipinski definition) is 3. The van der Waals surface area contributed by atoms with Crippen LogP contribution >= 0.6 is 0 Å². The molecule has 0 aromatic carbocycles. The van der Waals surface area contributed by atoms with Gasteiger partial charge in [-0.2, -0.15) is 0 Å². The molecule has 3 unspecified atom stereocenters. The number of hydrogen-bond donors (Lipinski definition) is 3. The van der Waals surface area contributed by atoms with Crippen LogP contribution in [0.25, 0.3) is 0 Å². The summed E-state index contributed by atoms with van der Waals surface area (Å²) in [7, 11) is 0. The van der Waals surface area contributed by atoms with E-state index in [1.54, 1.807) is 20.8 Å². The summed E-state index contributed by atoms with van der Waals surface area (Å²) in [5.74, 6) is -3.94. The SMILES string of the molecule is CCCCCC/C=C/CCCCC[N+](CCC(C)C(=O)O)(CCC(C)C(=O)O)CCC(C)C(=O)O. The van der Waals surface area contributed by atoms with Gasteiger partial charge in [-0.05, 0) is 38.5 Å². The molecule has 0 radical (unpaired) electrons. The molecule has 0 rings (SSSR count). The summed E-state index contributed by atoms with van der Waals surface area (Å²) in [5.41, 5.74) is 0. The van der Waals surface area contributed by atoms with E-state index in [0.717, 1.165) is 38.6 Å². The number of quaternary nitrogens is 1. The van der Waals surface area contributed by atoms with Gasteiger partial charge >= 0.3 is 17.9 Å². The highest BCUT2D eigenvalue weighted by Crippen LogP contribution is 2.21. The average molecular weight is 499 g/mol. The van der Waals surface area contributed by atoms with Crippen molar-refractivity contribution in [3.05, 3.63) is 12.2 Å². The maximum absolute atomic E-state index is 11.4. The monoisotopic (exact) mass is 498 g/mol. The van der Waals surface area contributed by atoms with Gasteiger partial charge < -0.3 is 19.8 Å². The van der Waals surface area contributed by atoms with Crippen molar-refractivity contribution >= 4 is 17.9 Å². The van der Waals surface area contributed by atoms with E-state index in [1.807, 2.05) is 0 Å². The number of nitrogens with zero attached hydrogens (tertiary/aromatic N) is 1. The van der Waals surface area contributed by atoms with E-state index in [-0.39, 0.29) is 0 Å². The first-order valence-electron chi connectivity index (χ1n) is 13.7. The van der Waals surface area contributed by atoms with Gasteiger partial charge in [-0.15, -0.1) is 0 Å². The fraction of sp³-hybridized carbons (Fsp3) is 0.821. The fourth-order valence-corrected chi connectivity index (χ4v) is 4.25. The zero-order valence-corrected chi connectivity index (χ0v) is 22.7. The summed E-state index contributed by atoms with van der Waals surface area (Å²) >= 11 is 0. The minimum Gasteiger partial charge on any atom is -0.481 e. The Balaban J connectivity index is 5.06. The summed E-state index contributed by atoms with van der Waals surface area (Å²) in [5, 5.41) is 28.1. The Hall–Kier alpha value is -1.89. The predicted molar refractivity (Wildman–Crippen MR) is 140 cm³/mol. The molecule has 0 aromatic heterocycles. The number of aliphatic carboxylic acids is 3. The van der Waals surface area contributed by atoms with E-state index < -0.39 is 35.7 Å². The summed E-state index contributed by atoms with van der Waals surface area (Å²) in [6.07, 6.45) is 16.5. The van der Waals surface area contributed by atoms with Crippen LogP contribution in [0.5, 0.6) is 0 Å². The van der Waals surface area contributed by atoms with Gasteiger partial charge in [0, 0.05) is 19.3 Å². The lowest BCUT2D eigenvalue weighted by atomic mass is 10.0. The van der Waals surface area contributed by atoms with Gasteiger partial charge in [-0.3, -0.25) is 14.4 Å². The van der Waals surface area contributed by atoms with Crippen molar-refractivity contribution in [2.75, 3.05) is 26.2 Å². The van der Waals surface area contributed by atoms with Gasteiger partial charge in [-0.1, -0.05) is 59.1 Å². The molecule has 0 heterocycles. The molecule has 0 saturated carbocycles. The van der Waals surface area contributed by atoms with Gasteiger partial charge in [0.1, 0.15) is 0 Å². The van der Waals surface area contributed by atoms with Crippen LogP contribution in [0.2, 0.25) is 0 Å². The molecule has 3 atom stereocenters. The largest absolute Gasteiger partial charge is 0.481 e. The second-order valence-electron chi connectivity index (χ2n) is 10.5. The quantitative estimate of drug-likeness (QED) is 0.0875. The molecule has 0 aliphatic rings. The van der Waals surface area contributed by atoms with Crippen molar-refractivity contribution in [1.82, 2.24) is 0 Å². The summed E-state index contributed by atoms with van der Waals surface area (Å²) in [6.45, 7) is 10.0. The van der Waals surface area contributed by atoms with E-state index >= 15 is 0 Å². The maximum Gasteiger partial charge on any atom is 0.306 e. The van der Waals surface area contributed by atoms with E-state index in [2.05, 4.69) is 19.1 Å². The Morgan fingerprint density at radius 3 is 1.31 bits per heavy atom. The van der Waals surface area contributed by atoms with Crippen LogP contribution in [0.15, 0.2) is 12.2 Å². The number of allylic oxidation sites excluding steroid dienone is 2. The van der Waals surface area contributed by atoms with Crippen LogP contribution in [0, 0.1) is 17.8 Å². The summed E-state index contributed by atoms with van der Waals surface area (Å²) < 4.78 is 0.597. The molecule has 0 fully saturated rings. The fourth-order valence-electron chi connectivity index (χ4n) is 4.25. The molecule has 3 N–H and O–H groups in total. The summed E-state index contributed by atoms with van der Waals surface area (Å²) in [4.78, 5) is 34.3. The maximum atomic E-state index is 11.4. The molecule has 0 aliphatic carbocycles. The molecule has 0 saturated heterocycles. The Bertz CT molecular complexity index is 573. The topological polar surface area (TPSA) is 112 Å². The highest BCUT2D eigenvalue weighted by atomic mass is 16.4. The van der Waals surface area contributed by atoms with E-state index in [4.69, 9.17) is 0 Å². The van der Waals surface area contributed by atoms with Crippen molar-refractivity contribution < 1.29 is 34.2 Å². The van der Waals surface area contributed by atoms with Crippen LogP contribution in [0.1, 0.15) is 105 Å². The lowest BCUT2D eigenvalue weighted by molar-refractivity contribution is -0.929. The van der Waals surface area contributed by atoms with Crippen LogP contribution in [-0.4, -0.2) is 63.9 Å². The zero-order chi connectivity index (χ0) is 26.7. The van der Waals surface area contributed by atoms with Gasteiger partial charge in [0.05, 0.1) is 43.9 Å². The highest BCUT2D eigenvalue weighted by molar-refractivity contribution is 5.70. The van der Waals surface area contributed by atoms with Crippen molar-refractivity contribution in [3.63, 3.8) is 0 Å². The molecule has 0 aliphatic heterocycles. The third kappa shape index (κ3) is 16.4. The number of rotatable bonds is 23. The highest BCUT2D eigenvalue weighted by Gasteiger charge is 2.31. The van der Waals surface area contributed by atoms with Crippen LogP contribution < -0.4 is 0 Å². The van der Waals surface area contributed by atoms with E-state index in [9.17, 15) is 29.7 Å². The molecular weight excluding hydrogens is 446 g/mol. The third-order valence-corrected chi connectivity index (χ3v) is 7.27. The van der Waals surface area contributed by atoms with Crippen LogP contribution in [0.4, 0.5) is 0 Å². The standard InChI is InChI=1S/C28H51NO6/c1-5-6-7-8-9-10-11-12-13-14-15-19-29(20-16-23(2)26(30)31,21-17-24(3)27(32)33)22-18-25(4)28(34)35/h10-11,23-25H,5-9,12-22H2,1-4H3,(H2-,30,31,32,33,34,35)/p+1/b11-10+. The number of carbonyl (C=O) groups is 3. The van der Waals surface area contributed by atoms with Crippen molar-refractivity contribution in [2.24, 2.45) is 17.8 Å². The third-order valence-electron chi connectivity index (χ3n) is 7.27. The van der Waals surface area contributed by atoms with Gasteiger partial charge in [0.2, 0.25) is 0 Å². The summed E-state index contributed by atoms with van der Waals surface area (Å²) in [6, 6.07) is 0. The Kier molecular flexibility index (Phi) is 18.3. The van der Waals surface area contributed by atoms with Gasteiger partial charge in [0.15, 0.2) is 0 Å². The molecule has 0 aromatic rings. The number of carboxylic acid groups (broad SMARTS) is 3. The molecule has 0 spiro atoms. The van der Waals surface area contributed by atoms with Crippen molar-refractivity contribution in [2.45, 2.75) is 105 Å². The van der Waals surface area contributed by atoms with Crippen LogP contribution in [-0.2, 0) is 14.4 Å². The molecule has 7 heteroatoms. The first-order chi connectivity index (χ1) is 16.5. The molecule has 0 amide bonds. The molecular formula is C28H52NO6+. The second-order valence-corrected chi connectivity index (χ2v) is 10.5. The molecule has 0 bridgehead atoms. The smallest absolute Gasteiger partial charge is 0.306 e. The molecule has 204 valence electrons. The number of unbranched alkanes of at least 4 members (excludes halogenated alkanes) is 7. The number of carboxylic acids is 3. The lowest BCUT2D eigenvalue weighted by Gasteiger charge is -2.40. The van der Waals surface area contributed by atoms with Crippen LogP contribution in [0.3, 0.4) is 0 Å². The van der Waals surface area contributed by atoms with Crippen molar-refractivity contribution in [3.8, 4) is 0 Å².